The maximum Gasteiger partial charge on any atom is 0.270 e. The van der Waals surface area contributed by atoms with Crippen molar-refractivity contribution in [2.45, 2.75) is 20.4 Å². The second-order valence-electron chi connectivity index (χ2n) is 6.23. The molecule has 0 radical (unpaired) electrons. The first-order valence-electron chi connectivity index (χ1n) is 8.50. The van der Waals surface area contributed by atoms with Crippen molar-refractivity contribution in [2.75, 3.05) is 0 Å². The smallest absolute Gasteiger partial charge is 0.267 e. The average Bonchev–Trinajstić information content (AvgIpc) is 2.93. The molecule has 6 nitrogen and oxygen atoms in total. The van der Waals surface area contributed by atoms with Crippen LogP contribution in [0.2, 0.25) is 5.02 Å². The molecule has 0 fully saturated rings. The molecule has 0 atom stereocenters. The fourth-order valence-electron chi connectivity index (χ4n) is 2.66. The lowest BCUT2D eigenvalue weighted by atomic mass is 10.1. The lowest BCUT2D eigenvalue weighted by molar-refractivity contribution is 0.0846. The molecule has 0 spiro atoms. The van der Waals surface area contributed by atoms with Crippen LogP contribution in [-0.4, -0.2) is 21.6 Å². The van der Waals surface area contributed by atoms with Crippen molar-refractivity contribution in [3.63, 3.8) is 0 Å². The highest BCUT2D eigenvalue weighted by atomic mass is 79.9. The Balaban J connectivity index is 1.61. The fraction of sp³-hybridized carbons (Fsp3) is 0.150. The Morgan fingerprint density at radius 1 is 1.04 bits per heavy atom. The number of nitrogens with one attached hydrogen (secondary N) is 2. The highest BCUT2D eigenvalue weighted by Crippen LogP contribution is 2.20. The summed E-state index contributed by atoms with van der Waals surface area (Å²) in [7, 11) is 0. The maximum absolute atomic E-state index is 12.3. The third-order valence-corrected chi connectivity index (χ3v) is 5.49. The van der Waals surface area contributed by atoms with Gasteiger partial charge in [-0.3, -0.25) is 25.1 Å². The van der Waals surface area contributed by atoms with Crippen LogP contribution in [0.15, 0.2) is 53.0 Å². The first-order chi connectivity index (χ1) is 13.4. The van der Waals surface area contributed by atoms with Gasteiger partial charge in [0.05, 0.1) is 28.5 Å². The van der Waals surface area contributed by atoms with Gasteiger partial charge in [-0.05, 0) is 59.6 Å². The molecule has 0 aliphatic carbocycles. The van der Waals surface area contributed by atoms with E-state index in [1.807, 2.05) is 30.7 Å². The van der Waals surface area contributed by atoms with Gasteiger partial charge in [0.1, 0.15) is 0 Å². The Morgan fingerprint density at radius 2 is 1.68 bits per heavy atom. The highest BCUT2D eigenvalue weighted by Gasteiger charge is 2.12. The van der Waals surface area contributed by atoms with Crippen molar-refractivity contribution in [2.24, 2.45) is 0 Å². The van der Waals surface area contributed by atoms with E-state index in [-0.39, 0.29) is 0 Å². The molecule has 0 bridgehead atoms. The minimum Gasteiger partial charge on any atom is -0.267 e. The van der Waals surface area contributed by atoms with Gasteiger partial charge in [0.15, 0.2) is 0 Å². The lowest BCUT2D eigenvalue weighted by Gasteiger charge is -2.09. The van der Waals surface area contributed by atoms with Crippen molar-refractivity contribution in [3.05, 3.63) is 86.1 Å². The standard InChI is InChI=1S/C20H18BrClN4O2/c1-12-18(22)13(2)26(25-12)11-14-7-9-15(10-8-14)19(27)23-24-20(28)16-5-3-4-6-17(16)21/h3-10H,11H2,1-2H3,(H,23,27)(H,24,28). The molecule has 28 heavy (non-hydrogen) atoms. The van der Waals surface area contributed by atoms with Crippen LogP contribution in [0.3, 0.4) is 0 Å². The van der Waals surface area contributed by atoms with Crippen LogP contribution in [0.1, 0.15) is 37.7 Å². The fourth-order valence-corrected chi connectivity index (χ4v) is 3.26. The van der Waals surface area contributed by atoms with Gasteiger partial charge in [-0.2, -0.15) is 5.10 Å². The number of carbonyl (C=O) groups is 2. The van der Waals surface area contributed by atoms with Crippen LogP contribution >= 0.6 is 27.5 Å². The summed E-state index contributed by atoms with van der Waals surface area (Å²) in [5, 5.41) is 5.07. The van der Waals surface area contributed by atoms with E-state index >= 15 is 0 Å². The zero-order valence-corrected chi connectivity index (χ0v) is 17.6. The van der Waals surface area contributed by atoms with E-state index in [0.717, 1.165) is 17.0 Å². The van der Waals surface area contributed by atoms with Crippen LogP contribution in [0.5, 0.6) is 0 Å². The van der Waals surface area contributed by atoms with Crippen LogP contribution in [0.4, 0.5) is 0 Å². The topological polar surface area (TPSA) is 76.0 Å². The van der Waals surface area contributed by atoms with Crippen molar-refractivity contribution in [3.8, 4) is 0 Å². The number of aromatic nitrogens is 2. The summed E-state index contributed by atoms with van der Waals surface area (Å²) in [6, 6.07) is 14.0. The third-order valence-electron chi connectivity index (χ3n) is 4.25. The zero-order valence-electron chi connectivity index (χ0n) is 15.3. The summed E-state index contributed by atoms with van der Waals surface area (Å²) in [4.78, 5) is 24.4. The quantitative estimate of drug-likeness (QED) is 0.576. The largest absolute Gasteiger partial charge is 0.270 e. The molecule has 2 aromatic carbocycles. The molecular weight excluding hydrogens is 444 g/mol. The molecule has 8 heteroatoms. The molecule has 0 unspecified atom stereocenters. The number of hydrazine groups is 1. The van der Waals surface area contributed by atoms with Crippen LogP contribution in [-0.2, 0) is 6.54 Å². The number of nitrogens with zero attached hydrogens (tertiary/aromatic N) is 2. The monoisotopic (exact) mass is 460 g/mol. The summed E-state index contributed by atoms with van der Waals surface area (Å²) < 4.78 is 2.47. The zero-order chi connectivity index (χ0) is 20.3. The molecule has 0 aliphatic heterocycles. The number of hydrogen-bond acceptors (Lipinski definition) is 3. The predicted molar refractivity (Wildman–Crippen MR) is 111 cm³/mol. The molecular formula is C20H18BrClN4O2. The Bertz CT molecular complexity index is 1030. The predicted octanol–water partition coefficient (Wildman–Crippen LogP) is 4.04. The number of hydrogen-bond donors (Lipinski definition) is 2. The molecule has 2 N–H and O–H groups in total. The van der Waals surface area contributed by atoms with Gasteiger partial charge in [0.25, 0.3) is 11.8 Å². The number of aryl methyl sites for hydroxylation is 1. The SMILES string of the molecule is Cc1nn(Cc2ccc(C(=O)NNC(=O)c3ccccc3Br)cc2)c(C)c1Cl. The summed E-state index contributed by atoms with van der Waals surface area (Å²) in [6.07, 6.45) is 0. The van der Waals surface area contributed by atoms with Crippen LogP contribution < -0.4 is 10.9 Å². The van der Waals surface area contributed by atoms with Crippen LogP contribution in [0.25, 0.3) is 0 Å². The van der Waals surface area contributed by atoms with Gasteiger partial charge < -0.3 is 0 Å². The number of halogens is 2. The Morgan fingerprint density at radius 3 is 2.29 bits per heavy atom. The molecule has 3 rings (SSSR count). The summed E-state index contributed by atoms with van der Waals surface area (Å²) in [6.45, 7) is 4.33. The van der Waals surface area contributed by atoms with E-state index in [4.69, 9.17) is 11.6 Å². The molecule has 0 saturated carbocycles. The number of carbonyl (C=O) groups excluding carboxylic acids is 2. The molecule has 144 valence electrons. The van der Waals surface area contributed by atoms with Crippen molar-refractivity contribution in [1.82, 2.24) is 20.6 Å². The van der Waals surface area contributed by atoms with E-state index in [1.165, 1.54) is 0 Å². The average molecular weight is 462 g/mol. The summed E-state index contributed by atoms with van der Waals surface area (Å²) in [5.41, 5.74) is 8.37. The molecule has 0 aliphatic rings. The minimum atomic E-state index is -0.404. The summed E-state index contributed by atoms with van der Waals surface area (Å²) in [5.74, 6) is -0.806. The van der Waals surface area contributed by atoms with Gasteiger partial charge in [0, 0.05) is 10.0 Å². The van der Waals surface area contributed by atoms with E-state index in [2.05, 4.69) is 31.9 Å². The number of amides is 2. The lowest BCUT2D eigenvalue weighted by Crippen LogP contribution is -2.41. The maximum atomic E-state index is 12.3. The molecule has 0 saturated heterocycles. The van der Waals surface area contributed by atoms with Crippen molar-refractivity contribution >= 4 is 39.3 Å². The summed E-state index contributed by atoms with van der Waals surface area (Å²) >= 11 is 9.48. The minimum absolute atomic E-state index is 0.402. The van der Waals surface area contributed by atoms with Crippen molar-refractivity contribution < 1.29 is 9.59 Å². The first kappa shape index (κ1) is 20.1. The molecule has 3 aromatic rings. The normalized spacial score (nSPS) is 10.6. The number of rotatable bonds is 4. The first-order valence-corrected chi connectivity index (χ1v) is 9.67. The van der Waals surface area contributed by atoms with E-state index in [0.29, 0.717) is 27.2 Å². The van der Waals surface area contributed by atoms with Gasteiger partial charge in [-0.1, -0.05) is 35.9 Å². The van der Waals surface area contributed by atoms with Crippen molar-refractivity contribution in [1.29, 1.82) is 0 Å². The van der Waals surface area contributed by atoms with Crippen LogP contribution in [0, 0.1) is 13.8 Å². The Labute approximate surface area is 176 Å². The van der Waals surface area contributed by atoms with E-state index in [9.17, 15) is 9.59 Å². The Kier molecular flexibility index (Phi) is 6.16. The molecule has 2 amide bonds. The second-order valence-corrected chi connectivity index (χ2v) is 7.46. The highest BCUT2D eigenvalue weighted by molar-refractivity contribution is 9.10. The van der Waals surface area contributed by atoms with E-state index < -0.39 is 11.8 Å². The second kappa shape index (κ2) is 8.58. The van der Waals surface area contributed by atoms with Gasteiger partial charge >= 0.3 is 0 Å². The van der Waals surface area contributed by atoms with Gasteiger partial charge in [-0.25, -0.2) is 0 Å². The van der Waals surface area contributed by atoms with E-state index in [1.54, 1.807) is 36.4 Å². The Hall–Kier alpha value is -2.64. The molecule has 1 heterocycles. The number of benzene rings is 2. The van der Waals surface area contributed by atoms with Gasteiger partial charge in [0.2, 0.25) is 0 Å². The third kappa shape index (κ3) is 4.43. The van der Waals surface area contributed by atoms with Gasteiger partial charge in [-0.15, -0.1) is 0 Å². The molecule has 1 aromatic heterocycles.